The minimum atomic E-state index is -0.141. The van der Waals surface area contributed by atoms with Gasteiger partial charge in [0.15, 0.2) is 0 Å². The number of rotatable bonds is 2. The third kappa shape index (κ3) is 3.11. The monoisotopic (exact) mass is 366 g/mol. The number of nitrogens with one attached hydrogen (secondary N) is 1. The van der Waals surface area contributed by atoms with E-state index >= 15 is 0 Å². The van der Waals surface area contributed by atoms with Crippen molar-refractivity contribution in [2.45, 2.75) is 32.1 Å². The number of carbonyl (C=O) groups excluding carboxylic acids is 1. The highest BCUT2D eigenvalue weighted by molar-refractivity contribution is 7.10. The van der Waals surface area contributed by atoms with Gasteiger partial charge in [-0.3, -0.25) is 4.79 Å². The predicted octanol–water partition coefficient (Wildman–Crippen LogP) is 3.47. The molecule has 1 saturated heterocycles. The van der Waals surface area contributed by atoms with E-state index in [0.29, 0.717) is 6.42 Å². The van der Waals surface area contributed by atoms with E-state index in [9.17, 15) is 4.79 Å². The minimum Gasteiger partial charge on any atom is -0.384 e. The second-order valence-electron chi connectivity index (χ2n) is 6.87. The molecule has 1 aromatic heterocycles. The average Bonchev–Trinajstić information content (AvgIpc) is 3.32. The number of carbonyl (C=O) groups is 1. The molecule has 4 rings (SSSR count). The van der Waals surface area contributed by atoms with E-state index in [4.69, 9.17) is 5.11 Å². The molecule has 0 unspecified atom stereocenters. The van der Waals surface area contributed by atoms with Gasteiger partial charge in [0, 0.05) is 52.6 Å². The van der Waals surface area contributed by atoms with Crippen LogP contribution < -0.4 is 10.2 Å². The molecule has 1 fully saturated rings. The molecule has 2 aromatic rings. The summed E-state index contributed by atoms with van der Waals surface area (Å²) in [5, 5.41) is 14.0. The normalized spacial score (nSPS) is 18.9. The summed E-state index contributed by atoms with van der Waals surface area (Å²) in [5.41, 5.74) is 5.47. The molecule has 3 heterocycles. The molecule has 1 aromatic carbocycles. The number of nitrogens with zero attached hydrogens (tertiary/aromatic N) is 1. The first-order valence-electron chi connectivity index (χ1n) is 9.04. The Morgan fingerprint density at radius 3 is 2.92 bits per heavy atom. The molecule has 4 nitrogen and oxygen atoms in total. The number of benzene rings is 1. The zero-order chi connectivity index (χ0) is 18.1. The fourth-order valence-corrected chi connectivity index (χ4v) is 4.92. The van der Waals surface area contributed by atoms with Crippen LogP contribution in [0.3, 0.4) is 0 Å². The summed E-state index contributed by atoms with van der Waals surface area (Å²) >= 11 is 1.63. The van der Waals surface area contributed by atoms with Crippen LogP contribution in [-0.2, 0) is 4.79 Å². The van der Waals surface area contributed by atoms with Gasteiger partial charge in [-0.15, -0.1) is 11.3 Å². The van der Waals surface area contributed by atoms with Crippen molar-refractivity contribution in [1.82, 2.24) is 0 Å². The van der Waals surface area contributed by atoms with Crippen LogP contribution in [0.1, 0.15) is 46.7 Å². The number of hydrogen-bond donors (Lipinski definition) is 2. The molecule has 0 aliphatic carbocycles. The van der Waals surface area contributed by atoms with Gasteiger partial charge in [-0.1, -0.05) is 17.9 Å². The Kier molecular flexibility index (Phi) is 4.71. The van der Waals surface area contributed by atoms with Crippen molar-refractivity contribution in [2.24, 2.45) is 0 Å². The van der Waals surface area contributed by atoms with E-state index in [0.717, 1.165) is 29.2 Å². The van der Waals surface area contributed by atoms with Crippen LogP contribution in [0.5, 0.6) is 0 Å². The Balaban J connectivity index is 1.72. The van der Waals surface area contributed by atoms with Gasteiger partial charge in [-0.05, 0) is 43.0 Å². The Morgan fingerprint density at radius 1 is 1.35 bits per heavy atom. The van der Waals surface area contributed by atoms with Gasteiger partial charge in [0.1, 0.15) is 6.61 Å². The number of aliphatic hydroxyl groups is 1. The zero-order valence-electron chi connectivity index (χ0n) is 14.8. The molecule has 0 bridgehead atoms. The lowest BCUT2D eigenvalue weighted by Crippen LogP contribution is -2.26. The third-order valence-corrected chi connectivity index (χ3v) is 6.27. The van der Waals surface area contributed by atoms with Crippen LogP contribution >= 0.6 is 11.3 Å². The average molecular weight is 366 g/mol. The molecule has 0 saturated carbocycles. The molecule has 1 atom stereocenters. The number of hydrogen-bond acceptors (Lipinski definition) is 4. The van der Waals surface area contributed by atoms with Crippen molar-refractivity contribution in [3.63, 3.8) is 0 Å². The van der Waals surface area contributed by atoms with E-state index in [2.05, 4.69) is 41.1 Å². The quantitative estimate of drug-likeness (QED) is 0.800. The fraction of sp³-hybridized carbons (Fsp3) is 0.381. The third-order valence-electron chi connectivity index (χ3n) is 5.22. The summed E-state index contributed by atoms with van der Waals surface area (Å²) in [6.45, 7) is 4.16. The smallest absolute Gasteiger partial charge is 0.225 e. The van der Waals surface area contributed by atoms with Gasteiger partial charge >= 0.3 is 0 Å². The van der Waals surface area contributed by atoms with Crippen molar-refractivity contribution in [1.29, 1.82) is 0 Å². The zero-order valence-corrected chi connectivity index (χ0v) is 15.7. The van der Waals surface area contributed by atoms with Crippen molar-refractivity contribution in [2.75, 3.05) is 29.9 Å². The van der Waals surface area contributed by atoms with E-state index in [1.54, 1.807) is 11.3 Å². The molecule has 0 spiro atoms. The Bertz CT molecular complexity index is 900. The first-order chi connectivity index (χ1) is 12.7. The summed E-state index contributed by atoms with van der Waals surface area (Å²) in [7, 11) is 0. The summed E-state index contributed by atoms with van der Waals surface area (Å²) in [4.78, 5) is 16.0. The number of fused-ring (bicyclic) bond motifs is 1. The first kappa shape index (κ1) is 17.1. The molecule has 26 heavy (non-hydrogen) atoms. The highest BCUT2D eigenvalue weighted by Gasteiger charge is 2.30. The largest absolute Gasteiger partial charge is 0.384 e. The van der Waals surface area contributed by atoms with Crippen molar-refractivity contribution in [3.8, 4) is 11.8 Å². The van der Waals surface area contributed by atoms with E-state index in [1.165, 1.54) is 29.7 Å². The van der Waals surface area contributed by atoms with Gasteiger partial charge in [0.2, 0.25) is 5.91 Å². The highest BCUT2D eigenvalue weighted by atomic mass is 32.1. The number of anilines is 2. The molecule has 2 N–H and O–H groups in total. The Hall–Kier alpha value is -2.29. The molecule has 0 radical (unpaired) electrons. The predicted molar refractivity (Wildman–Crippen MR) is 106 cm³/mol. The van der Waals surface area contributed by atoms with E-state index < -0.39 is 0 Å². The maximum Gasteiger partial charge on any atom is 0.225 e. The maximum absolute atomic E-state index is 12.4. The van der Waals surface area contributed by atoms with Crippen LogP contribution in [0.4, 0.5) is 11.4 Å². The van der Waals surface area contributed by atoms with Gasteiger partial charge in [-0.25, -0.2) is 0 Å². The highest BCUT2D eigenvalue weighted by Crippen LogP contribution is 2.43. The molecule has 5 heteroatoms. The van der Waals surface area contributed by atoms with Gasteiger partial charge in [0.25, 0.3) is 0 Å². The summed E-state index contributed by atoms with van der Waals surface area (Å²) in [5.74, 6) is 5.77. The Labute approximate surface area is 157 Å². The lowest BCUT2D eigenvalue weighted by Gasteiger charge is -2.30. The summed E-state index contributed by atoms with van der Waals surface area (Å²) in [6, 6.07) is 6.44. The lowest BCUT2D eigenvalue weighted by molar-refractivity contribution is -0.116. The topological polar surface area (TPSA) is 52.6 Å². The minimum absolute atomic E-state index is 0.0692. The van der Waals surface area contributed by atoms with Crippen LogP contribution in [-0.4, -0.2) is 30.7 Å². The van der Waals surface area contributed by atoms with Crippen LogP contribution in [0, 0.1) is 18.8 Å². The molecule has 2 aliphatic rings. The van der Waals surface area contributed by atoms with Crippen LogP contribution in [0.15, 0.2) is 23.6 Å². The molecule has 134 valence electrons. The maximum atomic E-state index is 12.4. The van der Waals surface area contributed by atoms with Crippen molar-refractivity contribution < 1.29 is 9.90 Å². The van der Waals surface area contributed by atoms with Crippen molar-refractivity contribution >= 4 is 28.6 Å². The molecular formula is C21H22N2O2S. The van der Waals surface area contributed by atoms with Gasteiger partial charge in [-0.2, -0.15) is 0 Å². The molecule has 1 amide bonds. The number of aliphatic hydroxyl groups excluding tert-OH is 1. The second-order valence-corrected chi connectivity index (χ2v) is 7.81. The van der Waals surface area contributed by atoms with Crippen LogP contribution in [0.2, 0.25) is 0 Å². The number of thiophene rings is 1. The fourth-order valence-electron chi connectivity index (χ4n) is 3.96. The SMILES string of the molecule is Cc1c(N2CCCC2)ccc2c1NC(=O)C[C@H]2c1cc(C#CCO)cs1. The standard InChI is InChI=1S/C21H22N2O2S/c1-14-18(23-8-2-3-9-23)7-6-16-17(12-20(25)22-21(14)16)19-11-15(13-26-19)5-4-10-24/h6-7,11,13,17,24H,2-3,8-10,12H2,1H3,(H,22,25)/t17-/m1/s1. The number of amides is 1. The first-order valence-corrected chi connectivity index (χ1v) is 9.92. The van der Waals surface area contributed by atoms with Gasteiger partial charge < -0.3 is 15.3 Å². The van der Waals surface area contributed by atoms with E-state index in [-0.39, 0.29) is 18.4 Å². The lowest BCUT2D eigenvalue weighted by atomic mass is 9.87. The van der Waals surface area contributed by atoms with Crippen LogP contribution in [0.25, 0.3) is 0 Å². The molecule has 2 aliphatic heterocycles. The summed E-state index contributed by atoms with van der Waals surface area (Å²) in [6.07, 6.45) is 2.93. The van der Waals surface area contributed by atoms with E-state index in [1.807, 2.05) is 11.4 Å². The second kappa shape index (κ2) is 7.14. The summed E-state index contributed by atoms with van der Waals surface area (Å²) < 4.78 is 0. The molecular weight excluding hydrogens is 344 g/mol. The Morgan fingerprint density at radius 2 is 2.15 bits per heavy atom. The van der Waals surface area contributed by atoms with Gasteiger partial charge in [0.05, 0.1) is 0 Å². The van der Waals surface area contributed by atoms with Crippen molar-refractivity contribution in [3.05, 3.63) is 45.1 Å².